The number of nitrogens with zero attached hydrogens (tertiary/aromatic N) is 2. The van der Waals surface area contributed by atoms with Crippen molar-refractivity contribution in [1.82, 2.24) is 9.97 Å². The summed E-state index contributed by atoms with van der Waals surface area (Å²) >= 11 is 0. The Balaban J connectivity index is 2.87. The molecule has 0 amide bonds. The Hall–Kier alpha value is -1.32. The van der Waals surface area contributed by atoms with Crippen molar-refractivity contribution in [2.24, 2.45) is 0 Å². The highest BCUT2D eigenvalue weighted by Crippen LogP contribution is 2.23. The van der Waals surface area contributed by atoms with Crippen molar-refractivity contribution in [2.45, 2.75) is 26.4 Å². The molecule has 0 N–H and O–H groups in total. The molecule has 4 heteroatoms. The van der Waals surface area contributed by atoms with Crippen LogP contribution < -0.4 is 9.47 Å². The molecule has 0 fully saturated rings. The molecule has 1 aromatic heterocycles. The van der Waals surface area contributed by atoms with Gasteiger partial charge in [-0.15, -0.1) is 0 Å². The molecule has 0 saturated heterocycles. The highest BCUT2D eigenvalue weighted by molar-refractivity contribution is 5.24. The van der Waals surface area contributed by atoms with Gasteiger partial charge in [0, 0.05) is 12.4 Å². The quantitative estimate of drug-likeness (QED) is 0.697. The van der Waals surface area contributed by atoms with Crippen LogP contribution >= 0.6 is 0 Å². The number of hydrogen-bond donors (Lipinski definition) is 0. The van der Waals surface area contributed by atoms with E-state index in [0.29, 0.717) is 11.8 Å². The van der Waals surface area contributed by atoms with Crippen molar-refractivity contribution >= 4 is 0 Å². The van der Waals surface area contributed by atoms with Crippen molar-refractivity contribution in [1.29, 1.82) is 0 Å². The van der Waals surface area contributed by atoms with Crippen LogP contribution in [0.15, 0.2) is 12.4 Å². The largest absolute Gasteiger partial charge is 0.477 e. The number of ether oxygens (including phenoxy) is 2. The van der Waals surface area contributed by atoms with Gasteiger partial charge in [0.2, 0.25) is 0 Å². The normalized spacial score (nSPS) is 11.1. The van der Waals surface area contributed by atoms with E-state index in [9.17, 15) is 0 Å². The third kappa shape index (κ3) is 2.89. The maximum absolute atomic E-state index is 5.53. The van der Waals surface area contributed by atoms with Crippen LogP contribution in [0.2, 0.25) is 0 Å². The van der Waals surface area contributed by atoms with Gasteiger partial charge in [-0.3, -0.25) is 0 Å². The molecular formula is C9H14N2O2. The molecule has 0 bridgehead atoms. The van der Waals surface area contributed by atoms with E-state index in [4.69, 9.17) is 9.47 Å². The fraction of sp³-hybridized carbons (Fsp3) is 0.556. The molecule has 13 heavy (non-hydrogen) atoms. The van der Waals surface area contributed by atoms with Gasteiger partial charge in [0.15, 0.2) is 0 Å². The maximum atomic E-state index is 5.53. The van der Waals surface area contributed by atoms with Crippen LogP contribution in [0.5, 0.6) is 11.8 Å². The summed E-state index contributed by atoms with van der Waals surface area (Å²) in [6, 6.07) is 0. The molecule has 72 valence electrons. The smallest absolute Gasteiger partial charge is 0.278 e. The maximum Gasteiger partial charge on any atom is 0.278 e. The minimum atomic E-state index is -0.288. The Morgan fingerprint density at radius 1 is 1.08 bits per heavy atom. The zero-order valence-corrected chi connectivity index (χ0v) is 8.37. The van der Waals surface area contributed by atoms with Crippen molar-refractivity contribution in [3.63, 3.8) is 0 Å². The Bertz CT molecular complexity index is 281. The van der Waals surface area contributed by atoms with Crippen LogP contribution in [0.1, 0.15) is 20.8 Å². The van der Waals surface area contributed by atoms with Crippen molar-refractivity contribution < 1.29 is 9.47 Å². The van der Waals surface area contributed by atoms with Gasteiger partial charge in [0.25, 0.3) is 11.8 Å². The summed E-state index contributed by atoms with van der Waals surface area (Å²) in [5.41, 5.74) is -0.288. The van der Waals surface area contributed by atoms with E-state index in [2.05, 4.69) is 9.97 Å². The van der Waals surface area contributed by atoms with Gasteiger partial charge in [0.05, 0.1) is 7.11 Å². The molecule has 4 nitrogen and oxygen atoms in total. The molecule has 0 radical (unpaired) electrons. The Kier molecular flexibility index (Phi) is 2.70. The lowest BCUT2D eigenvalue weighted by Crippen LogP contribution is -2.24. The van der Waals surface area contributed by atoms with Gasteiger partial charge >= 0.3 is 0 Å². The Labute approximate surface area is 77.9 Å². The molecular weight excluding hydrogens is 168 g/mol. The number of aromatic nitrogens is 2. The van der Waals surface area contributed by atoms with Crippen LogP contribution in [-0.2, 0) is 0 Å². The summed E-state index contributed by atoms with van der Waals surface area (Å²) in [7, 11) is 1.54. The first-order valence-corrected chi connectivity index (χ1v) is 4.07. The van der Waals surface area contributed by atoms with Gasteiger partial charge in [-0.2, -0.15) is 0 Å². The van der Waals surface area contributed by atoms with Crippen molar-refractivity contribution in [3.8, 4) is 11.8 Å². The lowest BCUT2D eigenvalue weighted by atomic mass is 10.2. The molecule has 1 rings (SSSR count). The van der Waals surface area contributed by atoms with Crippen LogP contribution in [-0.4, -0.2) is 22.7 Å². The molecule has 0 aliphatic carbocycles. The third-order valence-electron chi connectivity index (χ3n) is 1.23. The predicted molar refractivity (Wildman–Crippen MR) is 49.0 cm³/mol. The van der Waals surface area contributed by atoms with E-state index < -0.39 is 0 Å². The highest BCUT2D eigenvalue weighted by Gasteiger charge is 2.16. The number of rotatable bonds is 2. The van der Waals surface area contributed by atoms with Crippen LogP contribution in [0, 0.1) is 0 Å². The molecule has 0 saturated carbocycles. The Morgan fingerprint density at radius 2 is 1.62 bits per heavy atom. The summed E-state index contributed by atoms with van der Waals surface area (Å²) in [5.74, 6) is 0.843. The van der Waals surface area contributed by atoms with E-state index in [0.717, 1.165) is 0 Å². The molecule has 0 aromatic carbocycles. The topological polar surface area (TPSA) is 44.2 Å². The van der Waals surface area contributed by atoms with Gasteiger partial charge in [0.1, 0.15) is 5.60 Å². The average molecular weight is 182 g/mol. The first kappa shape index (κ1) is 9.77. The van der Waals surface area contributed by atoms with Gasteiger partial charge in [-0.1, -0.05) is 0 Å². The first-order chi connectivity index (χ1) is 6.03. The van der Waals surface area contributed by atoms with Gasteiger partial charge < -0.3 is 9.47 Å². The second-order valence-electron chi connectivity index (χ2n) is 3.59. The molecule has 0 spiro atoms. The van der Waals surface area contributed by atoms with E-state index in [1.165, 1.54) is 0 Å². The van der Waals surface area contributed by atoms with Crippen LogP contribution in [0.3, 0.4) is 0 Å². The summed E-state index contributed by atoms with van der Waals surface area (Å²) < 4.78 is 10.5. The second kappa shape index (κ2) is 3.60. The minimum absolute atomic E-state index is 0.288. The SMILES string of the molecule is COc1nccnc1OC(C)(C)C. The van der Waals surface area contributed by atoms with Gasteiger partial charge in [-0.05, 0) is 20.8 Å². The van der Waals surface area contributed by atoms with Crippen LogP contribution in [0.4, 0.5) is 0 Å². The van der Waals surface area contributed by atoms with E-state index in [1.807, 2.05) is 20.8 Å². The van der Waals surface area contributed by atoms with E-state index >= 15 is 0 Å². The summed E-state index contributed by atoms with van der Waals surface area (Å²) in [4.78, 5) is 8.00. The minimum Gasteiger partial charge on any atom is -0.477 e. The summed E-state index contributed by atoms with van der Waals surface area (Å²) in [6.45, 7) is 5.84. The predicted octanol–water partition coefficient (Wildman–Crippen LogP) is 1.66. The first-order valence-electron chi connectivity index (χ1n) is 4.07. The van der Waals surface area contributed by atoms with E-state index in [1.54, 1.807) is 19.5 Å². The third-order valence-corrected chi connectivity index (χ3v) is 1.23. The van der Waals surface area contributed by atoms with E-state index in [-0.39, 0.29) is 5.60 Å². The second-order valence-corrected chi connectivity index (χ2v) is 3.59. The average Bonchev–Trinajstić information content (AvgIpc) is 2.02. The number of methoxy groups -OCH3 is 1. The lowest BCUT2D eigenvalue weighted by Gasteiger charge is -2.20. The lowest BCUT2D eigenvalue weighted by molar-refractivity contribution is 0.117. The Morgan fingerprint density at radius 3 is 2.08 bits per heavy atom. The molecule has 0 aliphatic heterocycles. The molecule has 1 heterocycles. The fourth-order valence-corrected chi connectivity index (χ4v) is 0.813. The monoisotopic (exact) mass is 182 g/mol. The number of hydrogen-bond acceptors (Lipinski definition) is 4. The molecule has 1 aromatic rings. The fourth-order valence-electron chi connectivity index (χ4n) is 0.813. The molecule has 0 atom stereocenters. The molecule has 0 aliphatic rings. The standard InChI is InChI=1S/C9H14N2O2/c1-9(2,3)13-8-7(12-4)10-5-6-11-8/h5-6H,1-4H3. The van der Waals surface area contributed by atoms with Crippen molar-refractivity contribution in [3.05, 3.63) is 12.4 Å². The van der Waals surface area contributed by atoms with Crippen molar-refractivity contribution in [2.75, 3.05) is 7.11 Å². The van der Waals surface area contributed by atoms with Crippen LogP contribution in [0.25, 0.3) is 0 Å². The summed E-state index contributed by atoms with van der Waals surface area (Å²) in [5, 5.41) is 0. The highest BCUT2D eigenvalue weighted by atomic mass is 16.5. The van der Waals surface area contributed by atoms with Gasteiger partial charge in [-0.25, -0.2) is 9.97 Å². The summed E-state index contributed by atoms with van der Waals surface area (Å²) in [6.07, 6.45) is 3.14. The zero-order valence-electron chi connectivity index (χ0n) is 8.37. The molecule has 0 unspecified atom stereocenters. The zero-order chi connectivity index (χ0) is 9.90.